The number of hydrogen-bond donors (Lipinski definition) is 2. The fourth-order valence-electron chi connectivity index (χ4n) is 3.53. The summed E-state index contributed by atoms with van der Waals surface area (Å²) in [5.74, 6) is 1.07. The Labute approximate surface area is 184 Å². The molecule has 0 spiro atoms. The van der Waals surface area contributed by atoms with E-state index in [1.54, 1.807) is 38.6 Å². The minimum absolute atomic E-state index is 0.0733. The minimum Gasteiger partial charge on any atom is -0.493 e. The molecule has 160 valence electrons. The van der Waals surface area contributed by atoms with Gasteiger partial charge in [0.2, 0.25) is 5.91 Å². The molecule has 2 aromatic carbocycles. The lowest BCUT2D eigenvalue weighted by molar-refractivity contribution is -0.123. The first kappa shape index (κ1) is 20.7. The lowest BCUT2D eigenvalue weighted by Crippen LogP contribution is -2.23. The van der Waals surface area contributed by atoms with Crippen LogP contribution in [-0.4, -0.2) is 35.8 Å². The van der Waals surface area contributed by atoms with Crippen LogP contribution in [0.5, 0.6) is 11.5 Å². The molecule has 3 aromatic rings. The monoisotopic (exact) mass is 440 g/mol. The Morgan fingerprint density at radius 3 is 2.68 bits per heavy atom. The highest BCUT2D eigenvalue weighted by molar-refractivity contribution is 6.33. The Morgan fingerprint density at radius 1 is 1.19 bits per heavy atom. The van der Waals surface area contributed by atoms with Gasteiger partial charge in [-0.25, -0.2) is 4.68 Å². The number of anilines is 2. The number of halogens is 1. The lowest BCUT2D eigenvalue weighted by Gasteiger charge is -2.11. The zero-order valence-corrected chi connectivity index (χ0v) is 18.0. The van der Waals surface area contributed by atoms with Gasteiger partial charge in [0.1, 0.15) is 11.9 Å². The number of carbonyl (C=O) groups is 2. The summed E-state index contributed by atoms with van der Waals surface area (Å²) in [7, 11) is 3.12. The molecule has 31 heavy (non-hydrogen) atoms. The van der Waals surface area contributed by atoms with Crippen LogP contribution in [0.15, 0.2) is 42.6 Å². The van der Waals surface area contributed by atoms with Crippen LogP contribution >= 0.6 is 11.6 Å². The number of rotatable bonds is 6. The van der Waals surface area contributed by atoms with Crippen molar-refractivity contribution in [2.75, 3.05) is 24.9 Å². The van der Waals surface area contributed by atoms with Gasteiger partial charge in [-0.15, -0.1) is 0 Å². The number of aryl methyl sites for hydroxylation is 1. The number of amides is 2. The largest absolute Gasteiger partial charge is 0.493 e. The first-order valence-corrected chi connectivity index (χ1v) is 9.96. The average molecular weight is 441 g/mol. The molecule has 2 amide bonds. The van der Waals surface area contributed by atoms with Gasteiger partial charge in [-0.3, -0.25) is 9.59 Å². The molecule has 8 nitrogen and oxygen atoms in total. The van der Waals surface area contributed by atoms with E-state index in [0.717, 1.165) is 16.7 Å². The van der Waals surface area contributed by atoms with Crippen molar-refractivity contribution in [3.63, 3.8) is 0 Å². The zero-order chi connectivity index (χ0) is 22.1. The van der Waals surface area contributed by atoms with Crippen LogP contribution in [0.1, 0.15) is 18.0 Å². The molecule has 0 saturated heterocycles. The first-order chi connectivity index (χ1) is 14.9. The van der Waals surface area contributed by atoms with E-state index in [1.807, 2.05) is 25.1 Å². The Bertz CT molecular complexity index is 1170. The summed E-state index contributed by atoms with van der Waals surface area (Å²) in [5.41, 5.74) is 3.01. The third kappa shape index (κ3) is 3.94. The Kier molecular flexibility index (Phi) is 5.56. The topological polar surface area (TPSA) is 94.5 Å². The number of hydrogen-bond acceptors (Lipinski definition) is 5. The maximum atomic E-state index is 12.6. The molecular weight excluding hydrogens is 420 g/mol. The van der Waals surface area contributed by atoms with E-state index in [9.17, 15) is 9.59 Å². The van der Waals surface area contributed by atoms with Crippen molar-refractivity contribution in [1.82, 2.24) is 9.78 Å². The lowest BCUT2D eigenvalue weighted by atomic mass is 10.1. The van der Waals surface area contributed by atoms with Gasteiger partial charge in [0.15, 0.2) is 11.5 Å². The molecule has 0 radical (unpaired) electrons. The van der Waals surface area contributed by atoms with E-state index in [4.69, 9.17) is 21.1 Å². The third-order valence-electron chi connectivity index (χ3n) is 5.11. The molecule has 2 heterocycles. The van der Waals surface area contributed by atoms with Crippen molar-refractivity contribution in [3.05, 3.63) is 53.2 Å². The number of nitrogens with one attached hydrogen (secondary N) is 2. The van der Waals surface area contributed by atoms with Gasteiger partial charge in [-0.05, 0) is 42.3 Å². The van der Waals surface area contributed by atoms with Crippen molar-refractivity contribution >= 4 is 34.9 Å². The fraction of sp³-hybridized carbons (Fsp3) is 0.227. The van der Waals surface area contributed by atoms with Crippen LogP contribution < -0.4 is 20.1 Å². The van der Waals surface area contributed by atoms with E-state index >= 15 is 0 Å². The van der Waals surface area contributed by atoms with E-state index in [2.05, 4.69) is 15.7 Å². The molecule has 1 atom stereocenters. The van der Waals surface area contributed by atoms with Crippen molar-refractivity contribution in [3.8, 4) is 22.6 Å². The maximum absolute atomic E-state index is 12.6. The molecule has 1 aliphatic heterocycles. The summed E-state index contributed by atoms with van der Waals surface area (Å²) in [6.45, 7) is 1.91. The third-order valence-corrected chi connectivity index (χ3v) is 5.42. The number of methoxy groups -OCH3 is 2. The normalized spacial score (nSPS) is 14.7. The molecule has 0 aliphatic carbocycles. The zero-order valence-electron chi connectivity index (χ0n) is 17.2. The van der Waals surface area contributed by atoms with Crippen LogP contribution in [0.4, 0.5) is 11.5 Å². The predicted molar refractivity (Wildman–Crippen MR) is 118 cm³/mol. The van der Waals surface area contributed by atoms with Crippen molar-refractivity contribution in [1.29, 1.82) is 0 Å². The van der Waals surface area contributed by atoms with Crippen molar-refractivity contribution in [2.24, 2.45) is 0 Å². The van der Waals surface area contributed by atoms with Gasteiger partial charge in [0.25, 0.3) is 5.91 Å². The Balaban J connectivity index is 1.56. The van der Waals surface area contributed by atoms with Crippen molar-refractivity contribution in [2.45, 2.75) is 19.4 Å². The van der Waals surface area contributed by atoms with Crippen LogP contribution in [0, 0.1) is 6.92 Å². The van der Waals surface area contributed by atoms with E-state index in [0.29, 0.717) is 28.0 Å². The summed E-state index contributed by atoms with van der Waals surface area (Å²) in [6.07, 6.45) is 1.58. The van der Waals surface area contributed by atoms with Crippen LogP contribution in [0.3, 0.4) is 0 Å². The number of carbonyl (C=O) groups excluding carboxylic acids is 2. The Morgan fingerprint density at radius 2 is 1.97 bits per heavy atom. The summed E-state index contributed by atoms with van der Waals surface area (Å²) >= 11 is 6.19. The van der Waals surface area contributed by atoms with Gasteiger partial charge in [-0.2, -0.15) is 5.10 Å². The quantitative estimate of drug-likeness (QED) is 0.603. The second-order valence-corrected chi connectivity index (χ2v) is 7.57. The summed E-state index contributed by atoms with van der Waals surface area (Å²) in [5, 5.41) is 10.4. The van der Waals surface area contributed by atoms with Gasteiger partial charge in [0.05, 0.1) is 37.5 Å². The number of fused-ring (bicyclic) bond motifs is 1. The molecular formula is C22H21ClN4O4. The summed E-state index contributed by atoms with van der Waals surface area (Å²) in [4.78, 5) is 25.1. The van der Waals surface area contributed by atoms with E-state index in [-0.39, 0.29) is 18.2 Å². The van der Waals surface area contributed by atoms with Crippen LogP contribution in [0.2, 0.25) is 5.02 Å². The van der Waals surface area contributed by atoms with Gasteiger partial charge in [0, 0.05) is 5.56 Å². The van der Waals surface area contributed by atoms with Gasteiger partial charge in [-0.1, -0.05) is 23.7 Å². The maximum Gasteiger partial charge on any atom is 0.251 e. The highest BCUT2D eigenvalue weighted by atomic mass is 35.5. The van der Waals surface area contributed by atoms with Crippen LogP contribution in [0.25, 0.3) is 11.1 Å². The number of benzene rings is 2. The van der Waals surface area contributed by atoms with Crippen molar-refractivity contribution < 1.29 is 19.1 Å². The van der Waals surface area contributed by atoms with E-state index < -0.39 is 6.04 Å². The summed E-state index contributed by atoms with van der Waals surface area (Å²) in [6, 6.07) is 10.0. The number of nitrogens with zero attached hydrogens (tertiary/aromatic N) is 2. The SMILES string of the molecule is COc1ccc(-c2cnn3c2NC(=O)C3CC(=O)Nc2ccc(C)cc2Cl)cc1OC. The second kappa shape index (κ2) is 8.31. The number of aromatic nitrogens is 2. The number of ether oxygens (including phenoxy) is 2. The molecule has 1 unspecified atom stereocenters. The molecule has 1 aromatic heterocycles. The predicted octanol–water partition coefficient (Wildman–Crippen LogP) is 4.05. The molecule has 0 fully saturated rings. The first-order valence-electron chi connectivity index (χ1n) is 9.58. The molecule has 1 aliphatic rings. The van der Waals surface area contributed by atoms with E-state index in [1.165, 1.54) is 4.68 Å². The molecule has 4 rings (SSSR count). The molecule has 9 heteroatoms. The fourth-order valence-corrected chi connectivity index (χ4v) is 3.81. The molecule has 2 N–H and O–H groups in total. The molecule has 0 saturated carbocycles. The second-order valence-electron chi connectivity index (χ2n) is 7.16. The smallest absolute Gasteiger partial charge is 0.251 e. The van der Waals surface area contributed by atoms with Gasteiger partial charge < -0.3 is 20.1 Å². The average Bonchev–Trinajstić information content (AvgIpc) is 3.29. The van der Waals surface area contributed by atoms with Gasteiger partial charge >= 0.3 is 0 Å². The Hall–Kier alpha value is -3.52. The summed E-state index contributed by atoms with van der Waals surface area (Å²) < 4.78 is 12.2. The highest BCUT2D eigenvalue weighted by Crippen LogP contribution is 2.39. The minimum atomic E-state index is -0.756. The standard InChI is InChI=1S/C22H21ClN4O4/c1-12-4-6-16(15(23)8-12)25-20(28)10-17-22(29)26-21-14(11-24-27(17)21)13-5-7-18(30-2)19(9-13)31-3/h4-9,11,17H,10H2,1-3H3,(H,25,28)(H,26,29). The highest BCUT2D eigenvalue weighted by Gasteiger charge is 2.35. The molecule has 0 bridgehead atoms. The van der Waals surface area contributed by atoms with Crippen LogP contribution in [-0.2, 0) is 9.59 Å².